The fourth-order valence-electron chi connectivity index (χ4n) is 1.06. The van der Waals surface area contributed by atoms with Gasteiger partial charge in [0.05, 0.1) is 11.0 Å². The minimum Gasteiger partial charge on any atom is -0.494 e. The third kappa shape index (κ3) is 2.07. The Morgan fingerprint density at radius 3 is 2.71 bits per heavy atom. The molecule has 14 heavy (non-hydrogen) atoms. The standard InChI is InChI=1S/C7H8BClFIO3/c1-14-5-3-7(9,8(12)13)6(11)2-4(5)10/h2-3,6,12-13H,1H3. The van der Waals surface area contributed by atoms with Gasteiger partial charge in [-0.15, -0.1) is 11.6 Å². The summed E-state index contributed by atoms with van der Waals surface area (Å²) < 4.78 is 15.9. The second-order valence-electron chi connectivity index (χ2n) is 2.83. The van der Waals surface area contributed by atoms with E-state index in [4.69, 9.17) is 26.4 Å². The molecular weight excluding hydrogens is 324 g/mol. The van der Waals surface area contributed by atoms with E-state index in [0.29, 0.717) is 0 Å². The van der Waals surface area contributed by atoms with Crippen molar-refractivity contribution in [1.29, 1.82) is 0 Å². The molecule has 7 heteroatoms. The van der Waals surface area contributed by atoms with Gasteiger partial charge < -0.3 is 14.8 Å². The summed E-state index contributed by atoms with van der Waals surface area (Å²) >= 11 is 7.75. The van der Waals surface area contributed by atoms with Gasteiger partial charge in [0.25, 0.3) is 0 Å². The van der Waals surface area contributed by atoms with Gasteiger partial charge in [-0.1, -0.05) is 22.6 Å². The van der Waals surface area contributed by atoms with Gasteiger partial charge in [0.15, 0.2) is 11.6 Å². The van der Waals surface area contributed by atoms with E-state index in [1.54, 1.807) is 0 Å². The highest BCUT2D eigenvalue weighted by molar-refractivity contribution is 14.1. The van der Waals surface area contributed by atoms with Crippen LogP contribution in [-0.4, -0.2) is 33.0 Å². The lowest BCUT2D eigenvalue weighted by Gasteiger charge is -2.29. The van der Waals surface area contributed by atoms with Gasteiger partial charge in [-0.3, -0.25) is 0 Å². The predicted octanol–water partition coefficient (Wildman–Crippen LogP) is 1.18. The third-order valence-corrected chi connectivity index (χ3v) is 4.22. The molecule has 0 radical (unpaired) electrons. The molecule has 0 aromatic rings. The normalized spacial score (nSPS) is 32.0. The highest BCUT2D eigenvalue weighted by Gasteiger charge is 2.47. The van der Waals surface area contributed by atoms with Crippen molar-refractivity contribution in [3.05, 3.63) is 23.7 Å². The Labute approximate surface area is 99.9 Å². The van der Waals surface area contributed by atoms with Crippen LogP contribution in [0.25, 0.3) is 0 Å². The van der Waals surface area contributed by atoms with Crippen LogP contribution in [0.15, 0.2) is 23.7 Å². The molecule has 78 valence electrons. The summed E-state index contributed by atoms with van der Waals surface area (Å²) in [6.07, 6.45) is 2.36. The van der Waals surface area contributed by atoms with Crippen molar-refractivity contribution in [3.63, 3.8) is 0 Å². The molecule has 0 amide bonds. The van der Waals surface area contributed by atoms with Gasteiger partial charge >= 0.3 is 7.12 Å². The van der Waals surface area contributed by atoms with Gasteiger partial charge in [0.2, 0.25) is 0 Å². The monoisotopic (exact) mass is 332 g/mol. The van der Waals surface area contributed by atoms with E-state index in [1.807, 2.05) is 22.6 Å². The molecule has 0 saturated carbocycles. The van der Waals surface area contributed by atoms with E-state index < -0.39 is 21.6 Å². The summed E-state index contributed by atoms with van der Waals surface area (Å²) in [6, 6.07) is 0. The van der Waals surface area contributed by atoms with Gasteiger partial charge in [-0.05, 0) is 12.2 Å². The van der Waals surface area contributed by atoms with E-state index >= 15 is 0 Å². The lowest BCUT2D eigenvalue weighted by atomic mass is 9.68. The molecular formula is C7H8BClFIO3. The molecule has 3 nitrogen and oxygen atoms in total. The van der Waals surface area contributed by atoms with E-state index in [-0.39, 0.29) is 5.76 Å². The number of rotatable bonds is 2. The number of hydrogen-bond acceptors (Lipinski definition) is 3. The summed E-state index contributed by atoms with van der Waals surface area (Å²) in [5.74, 6) is -0.634. The number of halogens is 3. The summed E-state index contributed by atoms with van der Waals surface area (Å²) in [5, 5.41) is 18.1. The van der Waals surface area contributed by atoms with Crippen LogP contribution < -0.4 is 0 Å². The van der Waals surface area contributed by atoms with Crippen molar-refractivity contribution >= 4 is 41.3 Å². The van der Waals surface area contributed by atoms with Crippen LogP contribution in [0.2, 0.25) is 0 Å². The maximum Gasteiger partial charge on any atom is 0.479 e. The average molecular weight is 332 g/mol. The molecule has 0 aliphatic heterocycles. The molecule has 2 atom stereocenters. The number of alkyl halides is 2. The van der Waals surface area contributed by atoms with Crippen LogP contribution in [0.3, 0.4) is 0 Å². The van der Waals surface area contributed by atoms with Gasteiger partial charge in [-0.2, -0.15) is 0 Å². The minimum atomic E-state index is -1.78. The highest BCUT2D eigenvalue weighted by Crippen LogP contribution is 2.37. The highest BCUT2D eigenvalue weighted by atomic mass is 127. The summed E-state index contributed by atoms with van der Waals surface area (Å²) in [5.41, 5.74) is 0. The van der Waals surface area contributed by atoms with Crippen LogP contribution >= 0.6 is 34.2 Å². The van der Waals surface area contributed by atoms with Crippen molar-refractivity contribution in [3.8, 4) is 0 Å². The average Bonchev–Trinajstić information content (AvgIpc) is 2.11. The van der Waals surface area contributed by atoms with Crippen molar-refractivity contribution in [2.75, 3.05) is 7.11 Å². The quantitative estimate of drug-likeness (QED) is 0.454. The molecule has 0 saturated heterocycles. The lowest BCUT2D eigenvalue weighted by Crippen LogP contribution is -2.47. The second-order valence-corrected chi connectivity index (χ2v) is 4.83. The maximum atomic E-state index is 13.1. The Morgan fingerprint density at radius 1 is 1.71 bits per heavy atom. The minimum absolute atomic E-state index is 0.0824. The van der Waals surface area contributed by atoms with E-state index in [2.05, 4.69) is 0 Å². The Bertz CT molecular complexity index is 297. The van der Waals surface area contributed by atoms with Crippen LogP contribution in [0.4, 0.5) is 4.39 Å². The van der Waals surface area contributed by atoms with Crippen LogP contribution in [0, 0.1) is 0 Å². The van der Waals surface area contributed by atoms with Crippen molar-refractivity contribution < 1.29 is 19.2 Å². The first kappa shape index (κ1) is 12.3. The number of methoxy groups -OCH3 is 1. The van der Waals surface area contributed by atoms with E-state index in [1.165, 1.54) is 19.3 Å². The zero-order valence-corrected chi connectivity index (χ0v) is 10.2. The smallest absolute Gasteiger partial charge is 0.479 e. The molecule has 2 N–H and O–H groups in total. The molecule has 1 aliphatic carbocycles. The first-order chi connectivity index (χ1) is 6.41. The maximum absolute atomic E-state index is 13.1. The Morgan fingerprint density at radius 2 is 2.29 bits per heavy atom. The number of hydrogen-bond donors (Lipinski definition) is 2. The topological polar surface area (TPSA) is 49.7 Å². The number of allylic oxidation sites excluding steroid dienone is 3. The Hall–Kier alpha value is 0.215. The van der Waals surface area contributed by atoms with E-state index in [0.717, 1.165) is 0 Å². The molecule has 0 aromatic carbocycles. The first-order valence-electron chi connectivity index (χ1n) is 3.75. The van der Waals surface area contributed by atoms with Gasteiger partial charge in [0.1, 0.15) is 4.77 Å². The SMILES string of the molecule is COC1=CC(Cl)(B(O)O)C(I)C=C1F. The second kappa shape index (κ2) is 4.38. The van der Waals surface area contributed by atoms with Crippen molar-refractivity contribution in [1.82, 2.24) is 0 Å². The predicted molar refractivity (Wildman–Crippen MR) is 60.9 cm³/mol. The lowest BCUT2D eigenvalue weighted by molar-refractivity contribution is 0.276. The van der Waals surface area contributed by atoms with Crippen LogP contribution in [0.1, 0.15) is 0 Å². The fourth-order valence-corrected chi connectivity index (χ4v) is 2.04. The molecule has 0 bridgehead atoms. The van der Waals surface area contributed by atoms with Gasteiger partial charge in [0, 0.05) is 0 Å². The fraction of sp³-hybridized carbons (Fsp3) is 0.429. The molecule has 0 fully saturated rings. The van der Waals surface area contributed by atoms with Gasteiger partial charge in [-0.25, -0.2) is 4.39 Å². The molecule has 1 aliphatic rings. The molecule has 0 heterocycles. The largest absolute Gasteiger partial charge is 0.494 e. The summed E-state index contributed by atoms with van der Waals surface area (Å²) in [7, 11) is -0.492. The molecule has 0 aromatic heterocycles. The zero-order valence-electron chi connectivity index (χ0n) is 7.25. The zero-order chi connectivity index (χ0) is 10.9. The van der Waals surface area contributed by atoms with Crippen molar-refractivity contribution in [2.24, 2.45) is 0 Å². The van der Waals surface area contributed by atoms with Crippen LogP contribution in [-0.2, 0) is 4.74 Å². The Balaban J connectivity index is 3.07. The molecule has 0 spiro atoms. The molecule has 2 unspecified atom stereocenters. The molecule has 1 rings (SSSR count). The number of ether oxygens (including phenoxy) is 1. The van der Waals surface area contributed by atoms with Crippen molar-refractivity contribution in [2.45, 2.75) is 8.70 Å². The Kier molecular flexibility index (Phi) is 3.84. The summed E-state index contributed by atoms with van der Waals surface area (Å²) in [6.45, 7) is 0. The van der Waals surface area contributed by atoms with E-state index in [9.17, 15) is 4.39 Å². The summed E-state index contributed by atoms with van der Waals surface area (Å²) in [4.78, 5) is 0. The van der Waals surface area contributed by atoms with Crippen LogP contribution in [0.5, 0.6) is 0 Å². The first-order valence-corrected chi connectivity index (χ1v) is 5.38. The third-order valence-electron chi connectivity index (χ3n) is 1.92.